The minimum Gasteiger partial charge on any atom is -0.374 e. The smallest absolute Gasteiger partial charge is 0.220 e. The van der Waals surface area contributed by atoms with Crippen LogP contribution in [0.5, 0.6) is 0 Å². The Morgan fingerprint density at radius 2 is 2.05 bits per heavy atom. The van der Waals surface area contributed by atoms with Crippen LogP contribution in [0.25, 0.3) is 0 Å². The molecule has 1 heterocycles. The Balaban J connectivity index is 1.64. The van der Waals surface area contributed by atoms with E-state index in [1.54, 1.807) is 0 Å². The lowest BCUT2D eigenvalue weighted by molar-refractivity contribution is -0.121. The van der Waals surface area contributed by atoms with Gasteiger partial charge in [-0.05, 0) is 25.3 Å². The first kappa shape index (κ1) is 17.0. The molecule has 0 saturated carbocycles. The van der Waals surface area contributed by atoms with Crippen molar-refractivity contribution >= 4 is 15.7 Å². The van der Waals surface area contributed by atoms with Gasteiger partial charge >= 0.3 is 0 Å². The van der Waals surface area contributed by atoms with Crippen molar-refractivity contribution in [3.05, 3.63) is 35.4 Å². The summed E-state index contributed by atoms with van der Waals surface area (Å²) in [7, 11) is -3.01. The SMILES string of the molecule is Cc1ccc(CCCC(=O)NC[C@H]2CS(=O)(=O)CCO2)cc1. The summed E-state index contributed by atoms with van der Waals surface area (Å²) >= 11 is 0. The third-order valence-electron chi connectivity index (χ3n) is 3.70. The van der Waals surface area contributed by atoms with Crippen molar-refractivity contribution in [2.24, 2.45) is 0 Å². The highest BCUT2D eigenvalue weighted by molar-refractivity contribution is 7.91. The molecule has 0 unspecified atom stereocenters. The predicted molar refractivity (Wildman–Crippen MR) is 85.5 cm³/mol. The van der Waals surface area contributed by atoms with Crippen molar-refractivity contribution < 1.29 is 17.9 Å². The Morgan fingerprint density at radius 3 is 2.73 bits per heavy atom. The maximum Gasteiger partial charge on any atom is 0.220 e. The van der Waals surface area contributed by atoms with Gasteiger partial charge in [0.05, 0.1) is 24.2 Å². The molecule has 5 nitrogen and oxygen atoms in total. The quantitative estimate of drug-likeness (QED) is 0.854. The molecule has 2 rings (SSSR count). The fourth-order valence-electron chi connectivity index (χ4n) is 2.40. The number of hydrogen-bond acceptors (Lipinski definition) is 4. The van der Waals surface area contributed by atoms with Gasteiger partial charge in [0.1, 0.15) is 0 Å². The van der Waals surface area contributed by atoms with Gasteiger partial charge in [-0.1, -0.05) is 29.8 Å². The molecule has 1 aliphatic heterocycles. The third kappa shape index (κ3) is 5.77. The Labute approximate surface area is 132 Å². The summed E-state index contributed by atoms with van der Waals surface area (Å²) in [6.45, 7) is 2.53. The van der Waals surface area contributed by atoms with Crippen LogP contribution in [0, 0.1) is 6.92 Å². The number of nitrogens with one attached hydrogen (secondary N) is 1. The molecule has 1 fully saturated rings. The van der Waals surface area contributed by atoms with Crippen LogP contribution in [0.4, 0.5) is 0 Å². The van der Waals surface area contributed by atoms with Crippen molar-refractivity contribution in [3.63, 3.8) is 0 Å². The fraction of sp³-hybridized carbons (Fsp3) is 0.562. The van der Waals surface area contributed by atoms with Gasteiger partial charge in [0, 0.05) is 13.0 Å². The van der Waals surface area contributed by atoms with Gasteiger partial charge in [-0.25, -0.2) is 8.42 Å². The van der Waals surface area contributed by atoms with Gasteiger partial charge in [-0.3, -0.25) is 4.79 Å². The molecule has 22 heavy (non-hydrogen) atoms. The average molecular weight is 325 g/mol. The van der Waals surface area contributed by atoms with E-state index in [0.717, 1.165) is 12.8 Å². The summed E-state index contributed by atoms with van der Waals surface area (Å²) in [4.78, 5) is 11.8. The second kappa shape index (κ2) is 7.74. The number of carbonyl (C=O) groups excluding carboxylic acids is 1. The van der Waals surface area contributed by atoms with Crippen molar-refractivity contribution in [2.75, 3.05) is 24.7 Å². The zero-order valence-electron chi connectivity index (χ0n) is 12.9. The van der Waals surface area contributed by atoms with Crippen LogP contribution >= 0.6 is 0 Å². The summed E-state index contributed by atoms with van der Waals surface area (Å²) in [5.41, 5.74) is 2.45. The van der Waals surface area contributed by atoms with Gasteiger partial charge in [0.2, 0.25) is 5.91 Å². The Hall–Kier alpha value is -1.40. The summed E-state index contributed by atoms with van der Waals surface area (Å²) in [5, 5.41) is 2.76. The lowest BCUT2D eigenvalue weighted by Crippen LogP contribution is -2.42. The molecule has 1 saturated heterocycles. The molecule has 0 bridgehead atoms. The van der Waals surface area contributed by atoms with Gasteiger partial charge in [0.15, 0.2) is 9.84 Å². The summed E-state index contributed by atoms with van der Waals surface area (Å²) < 4.78 is 28.3. The van der Waals surface area contributed by atoms with E-state index in [9.17, 15) is 13.2 Å². The van der Waals surface area contributed by atoms with E-state index >= 15 is 0 Å². The molecule has 1 amide bonds. The minimum atomic E-state index is -3.01. The molecule has 122 valence electrons. The second-order valence-electron chi connectivity index (χ2n) is 5.75. The van der Waals surface area contributed by atoms with Gasteiger partial charge in [0.25, 0.3) is 0 Å². The van der Waals surface area contributed by atoms with Crippen LogP contribution in [0.3, 0.4) is 0 Å². The Morgan fingerprint density at radius 1 is 1.32 bits per heavy atom. The zero-order chi connectivity index (χ0) is 16.0. The van der Waals surface area contributed by atoms with Crippen molar-refractivity contribution in [1.82, 2.24) is 5.32 Å². The van der Waals surface area contributed by atoms with Gasteiger partial charge in [-0.2, -0.15) is 0 Å². The molecular weight excluding hydrogens is 302 g/mol. The van der Waals surface area contributed by atoms with Crippen LogP contribution in [0.1, 0.15) is 24.0 Å². The van der Waals surface area contributed by atoms with Crippen LogP contribution in [-0.2, 0) is 25.8 Å². The average Bonchev–Trinajstić information content (AvgIpc) is 2.46. The predicted octanol–water partition coefficient (Wildman–Crippen LogP) is 1.25. The summed E-state index contributed by atoms with van der Waals surface area (Å²) in [6, 6.07) is 8.29. The number of benzene rings is 1. The largest absolute Gasteiger partial charge is 0.374 e. The van der Waals surface area contributed by atoms with E-state index in [2.05, 4.69) is 29.6 Å². The fourth-order valence-corrected chi connectivity index (χ4v) is 3.70. The molecule has 0 spiro atoms. The molecular formula is C16H23NO4S. The van der Waals surface area contributed by atoms with Crippen LogP contribution < -0.4 is 5.32 Å². The molecule has 6 heteroatoms. The lowest BCUT2D eigenvalue weighted by atomic mass is 10.1. The summed E-state index contributed by atoms with van der Waals surface area (Å²) in [5.74, 6) is 0.0173. The van der Waals surface area contributed by atoms with Crippen LogP contribution in [0.2, 0.25) is 0 Å². The molecule has 1 N–H and O–H groups in total. The number of aryl methyl sites for hydroxylation is 2. The molecule has 0 radical (unpaired) electrons. The number of hydrogen-bond donors (Lipinski definition) is 1. The first-order valence-corrected chi connectivity index (χ1v) is 9.41. The van der Waals surface area contributed by atoms with Crippen molar-refractivity contribution in [1.29, 1.82) is 0 Å². The highest BCUT2D eigenvalue weighted by Crippen LogP contribution is 2.08. The van der Waals surface area contributed by atoms with Crippen molar-refractivity contribution in [2.45, 2.75) is 32.3 Å². The topological polar surface area (TPSA) is 72.5 Å². The maximum atomic E-state index is 11.8. The Bertz CT molecular complexity index is 595. The first-order chi connectivity index (χ1) is 10.4. The van der Waals surface area contributed by atoms with Gasteiger partial charge in [-0.15, -0.1) is 0 Å². The number of amides is 1. The highest BCUT2D eigenvalue weighted by atomic mass is 32.2. The molecule has 0 aliphatic carbocycles. The maximum absolute atomic E-state index is 11.8. The first-order valence-electron chi connectivity index (χ1n) is 7.59. The molecule has 1 aliphatic rings. The van der Waals surface area contributed by atoms with Crippen LogP contribution in [0.15, 0.2) is 24.3 Å². The normalized spacial score (nSPS) is 20.5. The van der Waals surface area contributed by atoms with E-state index in [1.807, 2.05) is 6.92 Å². The number of carbonyl (C=O) groups is 1. The van der Waals surface area contributed by atoms with E-state index in [-0.39, 0.29) is 30.6 Å². The molecule has 1 aromatic carbocycles. The number of ether oxygens (including phenoxy) is 1. The van der Waals surface area contributed by atoms with Crippen molar-refractivity contribution in [3.8, 4) is 0 Å². The Kier molecular flexibility index (Phi) is 5.97. The lowest BCUT2D eigenvalue weighted by Gasteiger charge is -2.22. The van der Waals surface area contributed by atoms with E-state index in [0.29, 0.717) is 6.42 Å². The standard InChI is InChI=1S/C16H23NO4S/c1-13-5-7-14(8-6-13)3-2-4-16(18)17-11-15-12-22(19,20)10-9-21-15/h5-8,15H,2-4,9-12H2,1H3,(H,17,18)/t15-/m0/s1. The summed E-state index contributed by atoms with van der Waals surface area (Å²) in [6.07, 6.45) is 1.66. The van der Waals surface area contributed by atoms with E-state index in [4.69, 9.17) is 4.74 Å². The van der Waals surface area contributed by atoms with E-state index < -0.39 is 15.9 Å². The minimum absolute atomic E-state index is 0.00333. The molecule has 1 atom stereocenters. The van der Waals surface area contributed by atoms with E-state index in [1.165, 1.54) is 11.1 Å². The number of rotatable bonds is 6. The second-order valence-corrected chi connectivity index (χ2v) is 7.98. The third-order valence-corrected chi connectivity index (χ3v) is 5.37. The molecule has 1 aromatic rings. The number of sulfone groups is 1. The van der Waals surface area contributed by atoms with Gasteiger partial charge < -0.3 is 10.1 Å². The zero-order valence-corrected chi connectivity index (χ0v) is 13.7. The highest BCUT2D eigenvalue weighted by Gasteiger charge is 2.25. The van der Waals surface area contributed by atoms with Crippen LogP contribution in [-0.4, -0.2) is 45.1 Å². The monoisotopic (exact) mass is 325 g/mol. The molecule has 0 aromatic heterocycles.